The Bertz CT molecular complexity index is 697. The van der Waals surface area contributed by atoms with E-state index in [0.29, 0.717) is 12.6 Å². The van der Waals surface area contributed by atoms with Gasteiger partial charge in [-0.25, -0.2) is 0 Å². The quantitative estimate of drug-likeness (QED) is 0.792. The zero-order chi connectivity index (χ0) is 18.4. The summed E-state index contributed by atoms with van der Waals surface area (Å²) in [7, 11) is 0. The van der Waals surface area contributed by atoms with Crippen molar-refractivity contribution in [2.24, 2.45) is 0 Å². The lowest BCUT2D eigenvalue weighted by Crippen LogP contribution is -2.52. The van der Waals surface area contributed by atoms with Crippen LogP contribution in [0.25, 0.3) is 0 Å². The molecule has 0 aliphatic carbocycles. The van der Waals surface area contributed by atoms with Gasteiger partial charge in [0.2, 0.25) is 0 Å². The van der Waals surface area contributed by atoms with E-state index in [1.807, 2.05) is 30.5 Å². The summed E-state index contributed by atoms with van der Waals surface area (Å²) in [5.74, 6) is 0.00687. The average molecular weight is 370 g/mol. The Morgan fingerprint density at radius 2 is 1.69 bits per heavy atom. The van der Waals surface area contributed by atoms with Crippen LogP contribution >= 0.6 is 11.8 Å². The minimum Gasteiger partial charge on any atom is -0.369 e. The molecule has 0 bridgehead atoms. The van der Waals surface area contributed by atoms with Crippen molar-refractivity contribution in [3.8, 4) is 0 Å². The standard InChI is InChI=1S/C21H27N3OS/c1-17(16-22-21(25)18-8-10-20(26-2)11-9-18)23-12-14-24(15-13-23)19-6-4-3-5-7-19/h3-11,17H,12-16H2,1-2H3,(H,22,25). The summed E-state index contributed by atoms with van der Waals surface area (Å²) >= 11 is 1.68. The molecule has 1 amide bonds. The monoisotopic (exact) mass is 369 g/mol. The predicted octanol–water partition coefficient (Wildman–Crippen LogP) is 3.35. The number of benzene rings is 2. The van der Waals surface area contributed by atoms with Crippen LogP contribution in [0, 0.1) is 0 Å². The summed E-state index contributed by atoms with van der Waals surface area (Å²) in [6, 6.07) is 18.7. The number of amides is 1. The number of rotatable bonds is 6. The molecule has 1 N–H and O–H groups in total. The highest BCUT2D eigenvalue weighted by atomic mass is 32.2. The molecule has 0 aromatic heterocycles. The lowest BCUT2D eigenvalue weighted by molar-refractivity contribution is 0.0934. The van der Waals surface area contributed by atoms with Gasteiger partial charge in [0.25, 0.3) is 5.91 Å². The van der Waals surface area contributed by atoms with Crippen molar-refractivity contribution < 1.29 is 4.79 Å². The van der Waals surface area contributed by atoms with Crippen LogP contribution in [0.4, 0.5) is 5.69 Å². The van der Waals surface area contributed by atoms with Gasteiger partial charge in [0.1, 0.15) is 0 Å². The number of thioether (sulfide) groups is 1. The Kier molecular flexibility index (Phi) is 6.58. The fourth-order valence-corrected chi connectivity index (χ4v) is 3.68. The number of hydrogen-bond donors (Lipinski definition) is 1. The molecule has 0 saturated carbocycles. The Morgan fingerprint density at radius 3 is 2.31 bits per heavy atom. The topological polar surface area (TPSA) is 35.6 Å². The Balaban J connectivity index is 1.45. The van der Waals surface area contributed by atoms with Crippen molar-refractivity contribution in [1.82, 2.24) is 10.2 Å². The van der Waals surface area contributed by atoms with Crippen molar-refractivity contribution in [3.63, 3.8) is 0 Å². The molecule has 4 nitrogen and oxygen atoms in total. The number of hydrogen-bond acceptors (Lipinski definition) is 4. The summed E-state index contributed by atoms with van der Waals surface area (Å²) < 4.78 is 0. The van der Waals surface area contributed by atoms with E-state index in [4.69, 9.17) is 0 Å². The minimum absolute atomic E-state index is 0.00687. The summed E-state index contributed by atoms with van der Waals surface area (Å²) in [4.78, 5) is 18.4. The number of nitrogens with one attached hydrogen (secondary N) is 1. The molecule has 138 valence electrons. The molecule has 26 heavy (non-hydrogen) atoms. The van der Waals surface area contributed by atoms with Crippen LogP contribution in [-0.2, 0) is 0 Å². The van der Waals surface area contributed by atoms with E-state index in [0.717, 1.165) is 31.7 Å². The second-order valence-electron chi connectivity index (χ2n) is 6.65. The number of nitrogens with zero attached hydrogens (tertiary/aromatic N) is 2. The van der Waals surface area contributed by atoms with Crippen LogP contribution in [0.15, 0.2) is 59.5 Å². The average Bonchev–Trinajstić information content (AvgIpc) is 2.72. The number of para-hydroxylation sites is 1. The van der Waals surface area contributed by atoms with Crippen LogP contribution in [-0.4, -0.2) is 55.8 Å². The first-order valence-electron chi connectivity index (χ1n) is 9.13. The van der Waals surface area contributed by atoms with Gasteiger partial charge in [-0.05, 0) is 49.6 Å². The molecule has 5 heteroatoms. The van der Waals surface area contributed by atoms with Crippen LogP contribution in [0.1, 0.15) is 17.3 Å². The number of anilines is 1. The van der Waals surface area contributed by atoms with E-state index in [2.05, 4.69) is 52.4 Å². The molecule has 1 unspecified atom stereocenters. The van der Waals surface area contributed by atoms with Gasteiger partial charge in [0.15, 0.2) is 0 Å². The van der Waals surface area contributed by atoms with Crippen molar-refractivity contribution >= 4 is 23.4 Å². The highest BCUT2D eigenvalue weighted by Crippen LogP contribution is 2.17. The van der Waals surface area contributed by atoms with Gasteiger partial charge in [-0.2, -0.15) is 0 Å². The van der Waals surface area contributed by atoms with Gasteiger partial charge in [-0.1, -0.05) is 18.2 Å². The smallest absolute Gasteiger partial charge is 0.251 e. The zero-order valence-corrected chi connectivity index (χ0v) is 16.3. The number of carbonyl (C=O) groups is 1. The van der Waals surface area contributed by atoms with Gasteiger partial charge < -0.3 is 10.2 Å². The molecule has 0 spiro atoms. The van der Waals surface area contributed by atoms with Gasteiger partial charge in [-0.15, -0.1) is 11.8 Å². The third-order valence-corrected chi connectivity index (χ3v) is 5.71. The normalized spacial score (nSPS) is 16.3. The van der Waals surface area contributed by atoms with Gasteiger partial charge in [0.05, 0.1) is 0 Å². The molecule has 1 aliphatic rings. The van der Waals surface area contributed by atoms with E-state index in [1.54, 1.807) is 11.8 Å². The molecular weight excluding hydrogens is 342 g/mol. The molecular formula is C21H27N3OS. The Morgan fingerprint density at radius 1 is 1.04 bits per heavy atom. The molecule has 1 saturated heterocycles. The maximum Gasteiger partial charge on any atom is 0.251 e. The molecule has 1 atom stereocenters. The largest absolute Gasteiger partial charge is 0.369 e. The predicted molar refractivity (Wildman–Crippen MR) is 110 cm³/mol. The first-order chi connectivity index (χ1) is 12.7. The summed E-state index contributed by atoms with van der Waals surface area (Å²) in [6.07, 6.45) is 2.04. The molecule has 1 fully saturated rings. The van der Waals surface area contributed by atoms with Crippen LogP contribution in [0.5, 0.6) is 0 Å². The molecule has 3 rings (SSSR count). The lowest BCUT2D eigenvalue weighted by Gasteiger charge is -2.39. The SMILES string of the molecule is CSc1ccc(C(=O)NCC(C)N2CCN(c3ccccc3)CC2)cc1. The Hall–Kier alpha value is -1.98. The highest BCUT2D eigenvalue weighted by molar-refractivity contribution is 7.98. The van der Waals surface area contributed by atoms with Crippen molar-refractivity contribution in [1.29, 1.82) is 0 Å². The fourth-order valence-electron chi connectivity index (χ4n) is 3.27. The molecule has 2 aromatic carbocycles. The van der Waals surface area contributed by atoms with Crippen molar-refractivity contribution in [2.45, 2.75) is 17.9 Å². The second-order valence-corrected chi connectivity index (χ2v) is 7.53. The second kappa shape index (κ2) is 9.10. The maximum absolute atomic E-state index is 12.3. The van der Waals surface area contributed by atoms with Crippen molar-refractivity contribution in [2.75, 3.05) is 43.9 Å². The molecule has 0 radical (unpaired) electrons. The summed E-state index contributed by atoms with van der Waals surface area (Å²) in [6.45, 7) is 6.96. The Labute approximate surface area is 160 Å². The van der Waals surface area contributed by atoms with E-state index >= 15 is 0 Å². The maximum atomic E-state index is 12.3. The first kappa shape index (κ1) is 18.8. The van der Waals surface area contributed by atoms with Gasteiger partial charge >= 0.3 is 0 Å². The third kappa shape index (κ3) is 4.80. The summed E-state index contributed by atoms with van der Waals surface area (Å²) in [5.41, 5.74) is 2.02. The lowest BCUT2D eigenvalue weighted by atomic mass is 10.2. The fraction of sp³-hybridized carbons (Fsp3) is 0.381. The first-order valence-corrected chi connectivity index (χ1v) is 10.4. The van der Waals surface area contributed by atoms with E-state index in [1.165, 1.54) is 10.6 Å². The van der Waals surface area contributed by atoms with Gasteiger partial charge in [0, 0.05) is 54.9 Å². The van der Waals surface area contributed by atoms with E-state index in [9.17, 15) is 4.79 Å². The van der Waals surface area contributed by atoms with E-state index < -0.39 is 0 Å². The third-order valence-electron chi connectivity index (χ3n) is 4.97. The zero-order valence-electron chi connectivity index (χ0n) is 15.5. The van der Waals surface area contributed by atoms with Crippen LogP contribution in [0.2, 0.25) is 0 Å². The number of piperazine rings is 1. The van der Waals surface area contributed by atoms with Gasteiger partial charge in [-0.3, -0.25) is 9.69 Å². The highest BCUT2D eigenvalue weighted by Gasteiger charge is 2.21. The molecule has 1 aliphatic heterocycles. The molecule has 2 aromatic rings. The van der Waals surface area contributed by atoms with Crippen LogP contribution in [0.3, 0.4) is 0 Å². The van der Waals surface area contributed by atoms with Crippen LogP contribution < -0.4 is 10.2 Å². The molecule has 1 heterocycles. The van der Waals surface area contributed by atoms with E-state index in [-0.39, 0.29) is 5.91 Å². The minimum atomic E-state index is 0.00687. The number of carbonyl (C=O) groups excluding carboxylic acids is 1. The van der Waals surface area contributed by atoms with Crippen molar-refractivity contribution in [3.05, 3.63) is 60.2 Å². The summed E-state index contributed by atoms with van der Waals surface area (Å²) in [5, 5.41) is 3.08.